The molecular formula is C9H18S. The van der Waals surface area contributed by atoms with E-state index in [-0.39, 0.29) is 0 Å². The van der Waals surface area contributed by atoms with Crippen LogP contribution in [0.5, 0.6) is 0 Å². The standard InChI is InChI=1S/C9H18S/c1-8(2)9(3)6-5-7-10-4/h5-7H2,1-4H3. The van der Waals surface area contributed by atoms with Crippen LogP contribution in [0.3, 0.4) is 0 Å². The Kier molecular flexibility index (Phi) is 5.90. The van der Waals surface area contributed by atoms with Gasteiger partial charge in [-0.15, -0.1) is 0 Å². The fraction of sp³-hybridized carbons (Fsp3) is 0.778. The molecule has 0 aliphatic carbocycles. The number of allylic oxidation sites excluding steroid dienone is 2. The van der Waals surface area contributed by atoms with Crippen molar-refractivity contribution >= 4 is 11.8 Å². The van der Waals surface area contributed by atoms with Crippen LogP contribution in [0, 0.1) is 0 Å². The van der Waals surface area contributed by atoms with Gasteiger partial charge in [0, 0.05) is 0 Å². The van der Waals surface area contributed by atoms with Gasteiger partial charge in [0.2, 0.25) is 0 Å². The average molecular weight is 158 g/mol. The smallest absolute Gasteiger partial charge is 0.00673 e. The lowest BCUT2D eigenvalue weighted by Crippen LogP contribution is -1.83. The Hall–Kier alpha value is 0.0900. The molecule has 0 saturated carbocycles. The largest absolute Gasteiger partial charge is 0.165 e. The first kappa shape index (κ1) is 10.1. The summed E-state index contributed by atoms with van der Waals surface area (Å²) in [5.41, 5.74) is 3.05. The molecule has 0 heterocycles. The minimum atomic E-state index is 1.28. The Morgan fingerprint density at radius 1 is 1.20 bits per heavy atom. The van der Waals surface area contributed by atoms with E-state index in [0.717, 1.165) is 0 Å². The quantitative estimate of drug-likeness (QED) is 0.446. The molecule has 0 aliphatic heterocycles. The van der Waals surface area contributed by atoms with Gasteiger partial charge in [0.25, 0.3) is 0 Å². The number of thioether (sulfide) groups is 1. The molecule has 0 rings (SSSR count). The summed E-state index contributed by atoms with van der Waals surface area (Å²) in [5.74, 6) is 1.30. The normalized spacial score (nSPS) is 9.60. The van der Waals surface area contributed by atoms with Crippen LogP contribution < -0.4 is 0 Å². The number of hydrogen-bond acceptors (Lipinski definition) is 1. The van der Waals surface area contributed by atoms with Gasteiger partial charge < -0.3 is 0 Å². The van der Waals surface area contributed by atoms with Gasteiger partial charge in [-0.05, 0) is 45.6 Å². The molecule has 0 atom stereocenters. The summed E-state index contributed by atoms with van der Waals surface area (Å²) in [6.45, 7) is 6.61. The summed E-state index contributed by atoms with van der Waals surface area (Å²) < 4.78 is 0. The van der Waals surface area contributed by atoms with E-state index in [4.69, 9.17) is 0 Å². The molecule has 10 heavy (non-hydrogen) atoms. The molecule has 0 radical (unpaired) electrons. The Morgan fingerprint density at radius 2 is 1.80 bits per heavy atom. The summed E-state index contributed by atoms with van der Waals surface area (Å²) in [6, 6.07) is 0. The monoisotopic (exact) mass is 158 g/mol. The summed E-state index contributed by atoms with van der Waals surface area (Å²) in [5, 5.41) is 0. The number of hydrogen-bond donors (Lipinski definition) is 0. The Labute approximate surface area is 69.1 Å². The van der Waals surface area contributed by atoms with Crippen molar-refractivity contribution in [2.45, 2.75) is 33.6 Å². The zero-order chi connectivity index (χ0) is 7.98. The molecule has 0 aromatic carbocycles. The highest BCUT2D eigenvalue weighted by atomic mass is 32.2. The first-order chi connectivity index (χ1) is 4.68. The fourth-order valence-corrected chi connectivity index (χ4v) is 1.16. The van der Waals surface area contributed by atoms with E-state index in [9.17, 15) is 0 Å². The molecular weight excluding hydrogens is 140 g/mol. The van der Waals surface area contributed by atoms with Crippen molar-refractivity contribution < 1.29 is 0 Å². The van der Waals surface area contributed by atoms with Gasteiger partial charge >= 0.3 is 0 Å². The molecule has 1 heteroatoms. The summed E-state index contributed by atoms with van der Waals surface area (Å²) >= 11 is 1.93. The van der Waals surface area contributed by atoms with Gasteiger partial charge in [0.1, 0.15) is 0 Å². The van der Waals surface area contributed by atoms with Crippen LogP contribution in [0.1, 0.15) is 33.6 Å². The van der Waals surface area contributed by atoms with E-state index >= 15 is 0 Å². The number of rotatable bonds is 4. The van der Waals surface area contributed by atoms with Crippen molar-refractivity contribution in [1.82, 2.24) is 0 Å². The van der Waals surface area contributed by atoms with Crippen molar-refractivity contribution in [3.05, 3.63) is 11.1 Å². The van der Waals surface area contributed by atoms with Crippen molar-refractivity contribution in [3.63, 3.8) is 0 Å². The third-order valence-electron chi connectivity index (χ3n) is 1.75. The molecule has 0 fully saturated rings. The van der Waals surface area contributed by atoms with Crippen LogP contribution in [0.4, 0.5) is 0 Å². The SMILES string of the molecule is CSCCCC(C)=C(C)C. The first-order valence-electron chi connectivity index (χ1n) is 3.80. The Bertz CT molecular complexity index is 110. The predicted molar refractivity (Wildman–Crippen MR) is 51.7 cm³/mol. The van der Waals surface area contributed by atoms with Crippen LogP contribution in [-0.2, 0) is 0 Å². The maximum Gasteiger partial charge on any atom is -0.00673 e. The van der Waals surface area contributed by atoms with Crippen LogP contribution in [-0.4, -0.2) is 12.0 Å². The lowest BCUT2D eigenvalue weighted by Gasteiger charge is -2.01. The van der Waals surface area contributed by atoms with Crippen LogP contribution in [0.25, 0.3) is 0 Å². The lowest BCUT2D eigenvalue weighted by atomic mass is 10.1. The molecule has 0 aromatic heterocycles. The van der Waals surface area contributed by atoms with Crippen LogP contribution >= 0.6 is 11.8 Å². The second-order valence-corrected chi connectivity index (χ2v) is 3.86. The van der Waals surface area contributed by atoms with Crippen LogP contribution in [0.15, 0.2) is 11.1 Å². The lowest BCUT2D eigenvalue weighted by molar-refractivity contribution is 0.900. The molecule has 0 unspecified atom stereocenters. The molecule has 0 aliphatic rings. The Morgan fingerprint density at radius 3 is 2.20 bits per heavy atom. The maximum atomic E-state index is 2.23. The summed E-state index contributed by atoms with van der Waals surface area (Å²) in [6.07, 6.45) is 4.78. The topological polar surface area (TPSA) is 0 Å². The third kappa shape index (κ3) is 4.92. The second-order valence-electron chi connectivity index (χ2n) is 2.88. The van der Waals surface area contributed by atoms with Crippen molar-refractivity contribution in [1.29, 1.82) is 0 Å². The van der Waals surface area contributed by atoms with Gasteiger partial charge in [-0.2, -0.15) is 11.8 Å². The molecule has 0 aromatic rings. The molecule has 60 valence electrons. The van der Waals surface area contributed by atoms with Gasteiger partial charge in [0.15, 0.2) is 0 Å². The molecule has 0 spiro atoms. The zero-order valence-electron chi connectivity index (χ0n) is 7.53. The van der Waals surface area contributed by atoms with Crippen LogP contribution in [0.2, 0.25) is 0 Å². The van der Waals surface area contributed by atoms with Gasteiger partial charge in [-0.25, -0.2) is 0 Å². The highest BCUT2D eigenvalue weighted by Gasteiger charge is 1.91. The van der Waals surface area contributed by atoms with E-state index < -0.39 is 0 Å². The third-order valence-corrected chi connectivity index (χ3v) is 2.45. The van der Waals surface area contributed by atoms with Crippen molar-refractivity contribution in [2.24, 2.45) is 0 Å². The van der Waals surface area contributed by atoms with Gasteiger partial charge in [-0.3, -0.25) is 0 Å². The zero-order valence-corrected chi connectivity index (χ0v) is 8.35. The minimum Gasteiger partial charge on any atom is -0.165 e. The van der Waals surface area contributed by atoms with E-state index in [1.807, 2.05) is 11.8 Å². The van der Waals surface area contributed by atoms with E-state index in [1.54, 1.807) is 5.57 Å². The van der Waals surface area contributed by atoms with E-state index in [2.05, 4.69) is 27.0 Å². The van der Waals surface area contributed by atoms with E-state index in [1.165, 1.54) is 24.2 Å². The van der Waals surface area contributed by atoms with Gasteiger partial charge in [-0.1, -0.05) is 11.1 Å². The molecule has 0 bridgehead atoms. The molecule has 0 amide bonds. The highest BCUT2D eigenvalue weighted by molar-refractivity contribution is 7.98. The fourth-order valence-electron chi connectivity index (χ4n) is 0.732. The van der Waals surface area contributed by atoms with Crippen molar-refractivity contribution in [2.75, 3.05) is 12.0 Å². The first-order valence-corrected chi connectivity index (χ1v) is 5.19. The molecule has 0 N–H and O–H groups in total. The van der Waals surface area contributed by atoms with Crippen molar-refractivity contribution in [3.8, 4) is 0 Å². The highest BCUT2D eigenvalue weighted by Crippen LogP contribution is 2.11. The maximum absolute atomic E-state index is 2.23. The average Bonchev–Trinajstić information content (AvgIpc) is 1.88. The second kappa shape index (κ2) is 5.84. The van der Waals surface area contributed by atoms with E-state index in [0.29, 0.717) is 0 Å². The minimum absolute atomic E-state index is 1.28. The Balaban J connectivity index is 3.40. The molecule has 0 nitrogen and oxygen atoms in total. The summed E-state index contributed by atoms with van der Waals surface area (Å²) in [7, 11) is 0. The summed E-state index contributed by atoms with van der Waals surface area (Å²) in [4.78, 5) is 0. The van der Waals surface area contributed by atoms with Gasteiger partial charge in [0.05, 0.1) is 0 Å². The molecule has 0 saturated heterocycles. The predicted octanol–water partition coefficient (Wildman–Crippen LogP) is 3.49.